The summed E-state index contributed by atoms with van der Waals surface area (Å²) in [5.74, 6) is -0.952. The lowest BCUT2D eigenvalue weighted by atomic mass is 9.81. The van der Waals surface area contributed by atoms with Crippen molar-refractivity contribution in [1.82, 2.24) is 35.7 Å². The van der Waals surface area contributed by atoms with E-state index in [9.17, 15) is 24.3 Å². The van der Waals surface area contributed by atoms with Gasteiger partial charge < -0.3 is 35.6 Å². The molecule has 0 bridgehead atoms. The molecule has 13 heteroatoms. The molecule has 0 spiro atoms. The number of carbonyl (C=O) groups excluding carboxylic acids is 4. The van der Waals surface area contributed by atoms with E-state index in [1.807, 2.05) is 133 Å². The average molecular weight is 834 g/mol. The third kappa shape index (κ3) is 12.6. The van der Waals surface area contributed by atoms with Crippen LogP contribution in [-0.4, -0.2) is 99.3 Å². The van der Waals surface area contributed by atoms with Gasteiger partial charge in [0.25, 0.3) is 0 Å². The molecule has 4 N–H and O–H groups in total. The van der Waals surface area contributed by atoms with Gasteiger partial charge in [-0.3, -0.25) is 19.6 Å². The van der Waals surface area contributed by atoms with Crippen LogP contribution in [0.25, 0.3) is 11.3 Å². The number of hydrogen-bond acceptors (Lipinski definition) is 8. The number of amides is 5. The molecule has 2 aromatic heterocycles. The van der Waals surface area contributed by atoms with Crippen LogP contribution in [0.15, 0.2) is 97.2 Å². The maximum Gasteiger partial charge on any atom is 0.407 e. The topological polar surface area (TPSA) is 166 Å². The molecule has 13 nitrogen and oxygen atoms in total. The number of aromatic nitrogens is 2. The van der Waals surface area contributed by atoms with Crippen molar-refractivity contribution in [3.05, 3.63) is 120 Å². The van der Waals surface area contributed by atoms with Gasteiger partial charge in [0, 0.05) is 36.6 Å². The monoisotopic (exact) mass is 833 g/mol. The standard InChI is InChI=1S/C48H63N7O6/c1-8-32(3)42(55-27-26-54(47(55)60)31-37-19-15-16-33(4)50-37)44(57)52-40(29-34-17-11-10-12-18-34)41(56)30-38(51-45(58)43(48(5,6)9-2)53-46(59)61-7)28-35-21-23-36(24-22-35)39-20-13-14-25-49-39/h10-25,32,38,40-43,56H,8-9,26-31H2,1-7H3,(H,51,58)(H,52,57)(H,53,59)/t32?,38-,40+,41+,42+,43-/m1/s1. The summed E-state index contributed by atoms with van der Waals surface area (Å²) in [4.78, 5) is 67.6. The molecule has 0 saturated carbocycles. The summed E-state index contributed by atoms with van der Waals surface area (Å²) in [6, 6.07) is 25.6. The SMILES string of the molecule is CCC(C)[C@@H](C(=O)N[C@@H](Cc1ccccc1)[C@@H](O)C[C@@H](Cc1ccc(-c2ccccn2)cc1)NC(=O)[C@@H](NC(=O)OC)C(C)(C)CC)N1CCN(Cc2cccc(C)n2)C1=O. The Balaban J connectivity index is 1.42. The maximum absolute atomic E-state index is 14.6. The van der Waals surface area contributed by atoms with Gasteiger partial charge in [0.2, 0.25) is 11.8 Å². The van der Waals surface area contributed by atoms with Crippen molar-refractivity contribution in [1.29, 1.82) is 0 Å². The summed E-state index contributed by atoms with van der Waals surface area (Å²) in [5, 5.41) is 21.3. The van der Waals surface area contributed by atoms with Gasteiger partial charge in [-0.15, -0.1) is 0 Å². The Bertz CT molecular complexity index is 2050. The van der Waals surface area contributed by atoms with E-state index in [4.69, 9.17) is 4.74 Å². The van der Waals surface area contributed by atoms with Gasteiger partial charge in [-0.05, 0) is 79.3 Å². The van der Waals surface area contributed by atoms with Gasteiger partial charge >= 0.3 is 12.1 Å². The molecule has 1 unspecified atom stereocenters. The summed E-state index contributed by atoms with van der Waals surface area (Å²) < 4.78 is 4.89. The highest BCUT2D eigenvalue weighted by atomic mass is 16.5. The molecule has 3 heterocycles. The number of nitrogens with zero attached hydrogens (tertiary/aromatic N) is 4. The number of aliphatic hydroxyl groups excluding tert-OH is 1. The molecule has 1 saturated heterocycles. The van der Waals surface area contributed by atoms with E-state index >= 15 is 0 Å². The largest absolute Gasteiger partial charge is 0.453 e. The second-order valence-corrected chi connectivity index (χ2v) is 16.8. The summed E-state index contributed by atoms with van der Waals surface area (Å²) in [5.41, 5.74) is 4.58. The molecular formula is C48H63N7O6. The number of hydrogen-bond donors (Lipinski definition) is 4. The third-order valence-electron chi connectivity index (χ3n) is 12.0. The molecule has 0 aliphatic carbocycles. The van der Waals surface area contributed by atoms with E-state index in [-0.39, 0.29) is 24.3 Å². The molecular weight excluding hydrogens is 771 g/mol. The molecule has 4 aromatic rings. The lowest BCUT2D eigenvalue weighted by Gasteiger charge is -2.36. The van der Waals surface area contributed by atoms with Gasteiger partial charge in [0.15, 0.2) is 0 Å². The zero-order chi connectivity index (χ0) is 44.1. The van der Waals surface area contributed by atoms with Crippen LogP contribution in [0, 0.1) is 18.3 Å². The summed E-state index contributed by atoms with van der Waals surface area (Å²) in [6.07, 6.45) is 1.82. The van der Waals surface area contributed by atoms with Crippen molar-refractivity contribution in [3.63, 3.8) is 0 Å². The van der Waals surface area contributed by atoms with Crippen LogP contribution < -0.4 is 16.0 Å². The van der Waals surface area contributed by atoms with E-state index in [0.717, 1.165) is 33.8 Å². The second kappa shape index (κ2) is 21.6. The predicted octanol–water partition coefficient (Wildman–Crippen LogP) is 6.47. The summed E-state index contributed by atoms with van der Waals surface area (Å²) in [6.45, 7) is 12.8. The van der Waals surface area contributed by atoms with Gasteiger partial charge in [0.1, 0.15) is 12.1 Å². The van der Waals surface area contributed by atoms with Crippen LogP contribution in [0.3, 0.4) is 0 Å². The first-order valence-electron chi connectivity index (χ1n) is 21.4. The first-order chi connectivity index (χ1) is 29.2. The van der Waals surface area contributed by atoms with Crippen LogP contribution in [0.2, 0.25) is 0 Å². The first-order valence-corrected chi connectivity index (χ1v) is 21.4. The van der Waals surface area contributed by atoms with Gasteiger partial charge in [-0.1, -0.05) is 108 Å². The average Bonchev–Trinajstić information content (AvgIpc) is 3.60. The van der Waals surface area contributed by atoms with Crippen molar-refractivity contribution < 1.29 is 29.0 Å². The zero-order valence-electron chi connectivity index (χ0n) is 36.6. The molecule has 2 aromatic carbocycles. The Hall–Kier alpha value is -5.82. The lowest BCUT2D eigenvalue weighted by molar-refractivity contribution is -0.129. The molecule has 6 atom stereocenters. The Morgan fingerprint density at radius 1 is 0.852 bits per heavy atom. The minimum atomic E-state index is -1.13. The van der Waals surface area contributed by atoms with E-state index < -0.39 is 47.7 Å². The first kappa shape index (κ1) is 46.2. The summed E-state index contributed by atoms with van der Waals surface area (Å²) >= 11 is 0. The fourth-order valence-corrected chi connectivity index (χ4v) is 7.80. The number of urea groups is 1. The van der Waals surface area contributed by atoms with Crippen LogP contribution in [0.1, 0.15) is 76.4 Å². The molecule has 5 rings (SSSR count). The number of nitrogens with one attached hydrogen (secondary N) is 3. The molecule has 1 fully saturated rings. The van der Waals surface area contributed by atoms with Crippen molar-refractivity contribution in [2.24, 2.45) is 11.3 Å². The molecule has 1 aliphatic heterocycles. The highest BCUT2D eigenvalue weighted by Gasteiger charge is 2.41. The fourth-order valence-electron chi connectivity index (χ4n) is 7.80. The number of methoxy groups -OCH3 is 1. The lowest BCUT2D eigenvalue weighted by Crippen LogP contribution is -2.58. The molecule has 1 aliphatic rings. The van der Waals surface area contributed by atoms with E-state index in [1.54, 1.807) is 16.0 Å². The fraction of sp³-hybridized carbons (Fsp3) is 0.458. The number of ether oxygens (including phenoxy) is 1. The minimum absolute atomic E-state index is 0.0664. The van der Waals surface area contributed by atoms with Crippen molar-refractivity contribution in [2.45, 2.75) is 110 Å². The number of rotatable bonds is 20. The van der Waals surface area contributed by atoms with Crippen molar-refractivity contribution >= 4 is 23.9 Å². The molecule has 61 heavy (non-hydrogen) atoms. The normalized spacial score (nSPS) is 15.9. The maximum atomic E-state index is 14.6. The van der Waals surface area contributed by atoms with Gasteiger partial charge in [0.05, 0.1) is 37.2 Å². The molecule has 0 radical (unpaired) electrons. The zero-order valence-corrected chi connectivity index (χ0v) is 36.6. The van der Waals surface area contributed by atoms with Crippen molar-refractivity contribution in [2.75, 3.05) is 20.2 Å². The third-order valence-corrected chi connectivity index (χ3v) is 12.0. The quantitative estimate of drug-likeness (QED) is 0.0787. The number of aryl methyl sites for hydroxylation is 1. The number of benzene rings is 2. The van der Waals surface area contributed by atoms with Crippen LogP contribution in [-0.2, 0) is 33.7 Å². The van der Waals surface area contributed by atoms with Crippen LogP contribution in [0.5, 0.6) is 0 Å². The van der Waals surface area contributed by atoms with Crippen LogP contribution in [0.4, 0.5) is 9.59 Å². The second-order valence-electron chi connectivity index (χ2n) is 16.8. The number of aliphatic hydroxyl groups is 1. The Morgan fingerprint density at radius 2 is 1.56 bits per heavy atom. The highest BCUT2D eigenvalue weighted by Crippen LogP contribution is 2.27. The molecule has 326 valence electrons. The Morgan fingerprint density at radius 3 is 2.20 bits per heavy atom. The van der Waals surface area contributed by atoms with Crippen molar-refractivity contribution in [3.8, 4) is 11.3 Å². The number of carbonyl (C=O) groups is 4. The van der Waals surface area contributed by atoms with E-state index in [2.05, 4.69) is 25.9 Å². The Kier molecular flexibility index (Phi) is 16.4. The minimum Gasteiger partial charge on any atom is -0.453 e. The summed E-state index contributed by atoms with van der Waals surface area (Å²) in [7, 11) is 1.25. The van der Waals surface area contributed by atoms with E-state index in [1.165, 1.54) is 7.11 Å². The van der Waals surface area contributed by atoms with Crippen LogP contribution >= 0.6 is 0 Å². The Labute approximate surface area is 360 Å². The smallest absolute Gasteiger partial charge is 0.407 e. The van der Waals surface area contributed by atoms with E-state index in [0.29, 0.717) is 45.3 Å². The van der Waals surface area contributed by atoms with Gasteiger partial charge in [-0.25, -0.2) is 9.59 Å². The highest BCUT2D eigenvalue weighted by molar-refractivity contribution is 5.89. The van der Waals surface area contributed by atoms with Gasteiger partial charge in [-0.2, -0.15) is 0 Å². The number of pyridine rings is 2. The molecule has 5 amide bonds. The predicted molar refractivity (Wildman–Crippen MR) is 236 cm³/mol. The number of alkyl carbamates (subject to hydrolysis) is 1.